The summed E-state index contributed by atoms with van der Waals surface area (Å²) in [6, 6.07) is 6.09. The Morgan fingerprint density at radius 3 is 2.71 bits per heavy atom. The summed E-state index contributed by atoms with van der Waals surface area (Å²) in [4.78, 5) is 4.16. The molecule has 0 aliphatic rings. The Hall–Kier alpha value is -2.09. The van der Waals surface area contributed by atoms with E-state index in [9.17, 15) is 0 Å². The molecule has 2 heteroatoms. The van der Waals surface area contributed by atoms with Gasteiger partial charge in [-0.05, 0) is 54.3 Å². The molecule has 1 heterocycles. The second-order valence-corrected chi connectivity index (χ2v) is 4.17. The molecule has 1 aromatic heterocycles. The summed E-state index contributed by atoms with van der Waals surface area (Å²) >= 11 is 0. The van der Waals surface area contributed by atoms with Crippen molar-refractivity contribution in [2.24, 2.45) is 0 Å². The Morgan fingerprint density at radius 1 is 1.29 bits per heavy atom. The molecule has 0 unspecified atom stereocenters. The number of nitrogens with zero attached hydrogens (tertiary/aromatic N) is 1. The molecule has 86 valence electrons. The van der Waals surface area contributed by atoms with Crippen molar-refractivity contribution in [1.29, 1.82) is 0 Å². The van der Waals surface area contributed by atoms with E-state index in [0.29, 0.717) is 0 Å². The highest BCUT2D eigenvalue weighted by Gasteiger charge is 2.06. The Balaban J connectivity index is 2.65. The fourth-order valence-corrected chi connectivity index (χ4v) is 1.89. The van der Waals surface area contributed by atoms with Crippen molar-refractivity contribution in [1.82, 2.24) is 4.98 Å². The van der Waals surface area contributed by atoms with Crippen LogP contribution in [0.2, 0.25) is 0 Å². The maximum Gasteiger partial charge on any atom is 0.0355 e. The number of rotatable bonds is 2. The van der Waals surface area contributed by atoms with Gasteiger partial charge in [0.15, 0.2) is 0 Å². The van der Waals surface area contributed by atoms with Crippen molar-refractivity contribution in [3.05, 3.63) is 53.9 Å². The smallest absolute Gasteiger partial charge is 0.0355 e. The van der Waals surface area contributed by atoms with Crippen LogP contribution in [0.5, 0.6) is 0 Å². The van der Waals surface area contributed by atoms with E-state index in [4.69, 9.17) is 5.73 Å². The third-order valence-corrected chi connectivity index (χ3v) is 3.06. The first-order valence-corrected chi connectivity index (χ1v) is 5.57. The van der Waals surface area contributed by atoms with Gasteiger partial charge >= 0.3 is 0 Å². The number of hydrogen-bond donors (Lipinski definition) is 1. The Bertz CT molecular complexity index is 571. The van der Waals surface area contributed by atoms with Crippen molar-refractivity contribution in [2.45, 2.75) is 13.8 Å². The average molecular weight is 224 g/mol. The second-order valence-electron chi connectivity index (χ2n) is 4.17. The minimum absolute atomic E-state index is 0.792. The highest BCUT2D eigenvalue weighted by Crippen LogP contribution is 2.28. The third-order valence-electron chi connectivity index (χ3n) is 3.06. The minimum atomic E-state index is 0.792. The van der Waals surface area contributed by atoms with Crippen LogP contribution in [0.1, 0.15) is 16.7 Å². The molecule has 0 radical (unpaired) electrons. The average Bonchev–Trinajstić information content (AvgIpc) is 2.33. The van der Waals surface area contributed by atoms with Crippen LogP contribution < -0.4 is 5.73 Å². The first-order chi connectivity index (χ1) is 8.13. The normalized spacial score (nSPS) is 10.2. The fourth-order valence-electron chi connectivity index (χ4n) is 1.89. The van der Waals surface area contributed by atoms with Gasteiger partial charge in [-0.25, -0.2) is 0 Å². The molecule has 0 saturated heterocycles. The van der Waals surface area contributed by atoms with Crippen molar-refractivity contribution >= 4 is 11.8 Å². The van der Waals surface area contributed by atoms with E-state index in [2.05, 4.69) is 24.6 Å². The molecule has 0 saturated carbocycles. The number of pyridine rings is 1. The Labute approximate surface area is 102 Å². The van der Waals surface area contributed by atoms with E-state index in [1.807, 2.05) is 31.3 Å². The van der Waals surface area contributed by atoms with Crippen LogP contribution in [0.4, 0.5) is 5.69 Å². The van der Waals surface area contributed by atoms with Crippen LogP contribution in [-0.4, -0.2) is 4.98 Å². The van der Waals surface area contributed by atoms with E-state index in [1.54, 1.807) is 6.20 Å². The second kappa shape index (κ2) is 4.42. The lowest BCUT2D eigenvalue weighted by Crippen LogP contribution is -1.94. The SMILES string of the molecule is C=Cc1cc(-c2cnccc2C)cc(N)c1C. The number of nitrogen functional groups attached to an aromatic ring is 1. The lowest BCUT2D eigenvalue weighted by atomic mass is 9.97. The summed E-state index contributed by atoms with van der Waals surface area (Å²) in [7, 11) is 0. The van der Waals surface area contributed by atoms with Crippen molar-refractivity contribution in [2.75, 3.05) is 5.73 Å². The van der Waals surface area contributed by atoms with E-state index in [0.717, 1.165) is 27.9 Å². The summed E-state index contributed by atoms with van der Waals surface area (Å²) < 4.78 is 0. The maximum atomic E-state index is 6.02. The third kappa shape index (κ3) is 2.07. The molecule has 2 aromatic rings. The molecule has 0 bridgehead atoms. The molecule has 2 N–H and O–H groups in total. The molecule has 2 nitrogen and oxygen atoms in total. The summed E-state index contributed by atoms with van der Waals surface area (Å²) in [5, 5.41) is 0. The van der Waals surface area contributed by atoms with Crippen LogP contribution in [0, 0.1) is 13.8 Å². The zero-order chi connectivity index (χ0) is 12.4. The maximum absolute atomic E-state index is 6.02. The molecular formula is C15H16N2. The summed E-state index contributed by atoms with van der Waals surface area (Å²) in [6.45, 7) is 7.90. The van der Waals surface area contributed by atoms with Gasteiger partial charge in [0, 0.05) is 23.6 Å². The lowest BCUT2D eigenvalue weighted by molar-refractivity contribution is 1.28. The van der Waals surface area contributed by atoms with Gasteiger partial charge in [-0.3, -0.25) is 4.98 Å². The minimum Gasteiger partial charge on any atom is -0.398 e. The molecule has 0 aliphatic heterocycles. The van der Waals surface area contributed by atoms with Crippen molar-refractivity contribution in [3.8, 4) is 11.1 Å². The molecule has 17 heavy (non-hydrogen) atoms. The van der Waals surface area contributed by atoms with Gasteiger partial charge in [0.25, 0.3) is 0 Å². The zero-order valence-electron chi connectivity index (χ0n) is 10.2. The van der Waals surface area contributed by atoms with E-state index < -0.39 is 0 Å². The molecule has 0 fully saturated rings. The quantitative estimate of drug-likeness (QED) is 0.792. The van der Waals surface area contributed by atoms with Crippen LogP contribution in [0.25, 0.3) is 17.2 Å². The molecular weight excluding hydrogens is 208 g/mol. The van der Waals surface area contributed by atoms with Crippen molar-refractivity contribution < 1.29 is 0 Å². The van der Waals surface area contributed by atoms with E-state index in [-0.39, 0.29) is 0 Å². The monoisotopic (exact) mass is 224 g/mol. The first-order valence-electron chi connectivity index (χ1n) is 5.57. The standard InChI is InChI=1S/C15H16N2/c1-4-12-7-13(8-15(16)11(12)3)14-9-17-6-5-10(14)2/h4-9H,1,16H2,2-3H3. The van der Waals surface area contributed by atoms with Gasteiger partial charge in [-0.1, -0.05) is 12.7 Å². The molecule has 0 amide bonds. The fraction of sp³-hybridized carbons (Fsp3) is 0.133. The van der Waals surface area contributed by atoms with Gasteiger partial charge in [0.05, 0.1) is 0 Å². The van der Waals surface area contributed by atoms with E-state index in [1.165, 1.54) is 5.56 Å². The Kier molecular flexibility index (Phi) is 2.96. The number of benzene rings is 1. The van der Waals surface area contributed by atoms with Crippen LogP contribution in [-0.2, 0) is 0 Å². The highest BCUT2D eigenvalue weighted by molar-refractivity contribution is 5.75. The van der Waals surface area contributed by atoms with E-state index >= 15 is 0 Å². The van der Waals surface area contributed by atoms with Gasteiger partial charge in [0.2, 0.25) is 0 Å². The summed E-state index contributed by atoms with van der Waals surface area (Å²) in [5.41, 5.74) is 12.4. The molecule has 0 atom stereocenters. The van der Waals surface area contributed by atoms with Crippen LogP contribution in [0.3, 0.4) is 0 Å². The molecule has 2 rings (SSSR count). The van der Waals surface area contributed by atoms with Crippen LogP contribution >= 0.6 is 0 Å². The number of aryl methyl sites for hydroxylation is 1. The predicted molar refractivity (Wildman–Crippen MR) is 73.7 cm³/mol. The predicted octanol–water partition coefficient (Wildman–Crippen LogP) is 3.59. The van der Waals surface area contributed by atoms with Crippen molar-refractivity contribution in [3.63, 3.8) is 0 Å². The molecule has 1 aromatic carbocycles. The largest absolute Gasteiger partial charge is 0.398 e. The van der Waals surface area contributed by atoms with Gasteiger partial charge < -0.3 is 5.73 Å². The lowest BCUT2D eigenvalue weighted by Gasteiger charge is -2.11. The topological polar surface area (TPSA) is 38.9 Å². The number of hydrogen-bond acceptors (Lipinski definition) is 2. The van der Waals surface area contributed by atoms with Gasteiger partial charge in [0.1, 0.15) is 0 Å². The number of anilines is 1. The summed E-state index contributed by atoms with van der Waals surface area (Å²) in [6.07, 6.45) is 5.50. The number of nitrogens with two attached hydrogens (primary N) is 1. The molecule has 0 aliphatic carbocycles. The first kappa shape index (κ1) is 11.4. The Morgan fingerprint density at radius 2 is 2.06 bits per heavy atom. The number of aromatic nitrogens is 1. The van der Waals surface area contributed by atoms with Gasteiger partial charge in [-0.2, -0.15) is 0 Å². The van der Waals surface area contributed by atoms with Gasteiger partial charge in [-0.15, -0.1) is 0 Å². The summed E-state index contributed by atoms with van der Waals surface area (Å²) in [5.74, 6) is 0. The van der Waals surface area contributed by atoms with Crippen LogP contribution in [0.15, 0.2) is 37.2 Å². The zero-order valence-corrected chi connectivity index (χ0v) is 10.2. The highest BCUT2D eigenvalue weighted by atomic mass is 14.6. The molecule has 0 spiro atoms.